The first-order valence-corrected chi connectivity index (χ1v) is 6.33. The van der Waals surface area contributed by atoms with Crippen LogP contribution in [0.15, 0.2) is 0 Å². The normalized spacial score (nSPS) is 30.5. The van der Waals surface area contributed by atoms with Gasteiger partial charge >= 0.3 is 0 Å². The molecule has 0 aromatic heterocycles. The van der Waals surface area contributed by atoms with Crippen molar-refractivity contribution in [2.75, 3.05) is 26.2 Å². The second kappa shape index (κ2) is 4.72. The van der Waals surface area contributed by atoms with Crippen LogP contribution in [0.1, 0.15) is 32.6 Å². The molecular formula is C12H22N2O2. The third kappa shape index (κ3) is 2.38. The van der Waals surface area contributed by atoms with E-state index in [4.69, 9.17) is 10.5 Å². The van der Waals surface area contributed by atoms with E-state index in [0.717, 1.165) is 32.2 Å². The van der Waals surface area contributed by atoms with Gasteiger partial charge in [-0.1, -0.05) is 13.3 Å². The number of nitrogens with zero attached hydrogens (tertiary/aromatic N) is 1. The van der Waals surface area contributed by atoms with Crippen molar-refractivity contribution < 1.29 is 9.53 Å². The van der Waals surface area contributed by atoms with Gasteiger partial charge in [-0.25, -0.2) is 0 Å². The fraction of sp³-hybridized carbons (Fsp3) is 0.917. The van der Waals surface area contributed by atoms with Gasteiger partial charge in [0.05, 0.1) is 18.8 Å². The van der Waals surface area contributed by atoms with Gasteiger partial charge < -0.3 is 15.4 Å². The van der Waals surface area contributed by atoms with Crippen molar-refractivity contribution in [3.63, 3.8) is 0 Å². The fourth-order valence-electron chi connectivity index (χ4n) is 2.45. The lowest BCUT2D eigenvalue weighted by Gasteiger charge is -2.42. The average molecular weight is 226 g/mol. The van der Waals surface area contributed by atoms with E-state index in [9.17, 15) is 4.79 Å². The molecule has 4 nitrogen and oxygen atoms in total. The van der Waals surface area contributed by atoms with Crippen molar-refractivity contribution in [1.82, 2.24) is 4.90 Å². The standard InChI is InChI=1S/C12H22N2O2/c1-2-5-12(8-13)9-14(6-7-16-12)11(15)10-3-4-10/h10H,2-9,13H2,1H3. The van der Waals surface area contributed by atoms with Gasteiger partial charge in [0.15, 0.2) is 0 Å². The van der Waals surface area contributed by atoms with Crippen molar-refractivity contribution in [3.05, 3.63) is 0 Å². The number of hydrogen-bond acceptors (Lipinski definition) is 3. The Morgan fingerprint density at radius 3 is 2.88 bits per heavy atom. The molecule has 2 fully saturated rings. The summed E-state index contributed by atoms with van der Waals surface area (Å²) in [5.74, 6) is 0.618. The van der Waals surface area contributed by atoms with E-state index in [1.54, 1.807) is 0 Å². The lowest BCUT2D eigenvalue weighted by molar-refractivity contribution is -0.151. The van der Waals surface area contributed by atoms with E-state index < -0.39 is 0 Å². The van der Waals surface area contributed by atoms with E-state index in [1.807, 2.05) is 4.90 Å². The number of rotatable bonds is 4. The summed E-state index contributed by atoms with van der Waals surface area (Å²) in [5, 5.41) is 0. The highest BCUT2D eigenvalue weighted by Crippen LogP contribution is 2.33. The Balaban J connectivity index is 1.98. The Morgan fingerprint density at radius 1 is 1.56 bits per heavy atom. The van der Waals surface area contributed by atoms with Crippen LogP contribution in [0, 0.1) is 5.92 Å². The topological polar surface area (TPSA) is 55.6 Å². The molecular weight excluding hydrogens is 204 g/mol. The van der Waals surface area contributed by atoms with Gasteiger partial charge in [0, 0.05) is 19.0 Å². The van der Waals surface area contributed by atoms with Crippen molar-refractivity contribution in [3.8, 4) is 0 Å². The zero-order valence-electron chi connectivity index (χ0n) is 10.1. The van der Waals surface area contributed by atoms with Crippen molar-refractivity contribution in [2.24, 2.45) is 11.7 Å². The summed E-state index contributed by atoms with van der Waals surface area (Å²) in [4.78, 5) is 14.0. The summed E-state index contributed by atoms with van der Waals surface area (Å²) in [7, 11) is 0. The predicted molar refractivity (Wildman–Crippen MR) is 61.9 cm³/mol. The molecule has 2 N–H and O–H groups in total. The van der Waals surface area contributed by atoms with Crippen LogP contribution >= 0.6 is 0 Å². The van der Waals surface area contributed by atoms with Crippen LogP contribution in [-0.2, 0) is 9.53 Å². The first-order valence-electron chi connectivity index (χ1n) is 6.33. The molecule has 0 aromatic rings. The van der Waals surface area contributed by atoms with Crippen LogP contribution in [0.3, 0.4) is 0 Å². The van der Waals surface area contributed by atoms with Gasteiger partial charge in [-0.3, -0.25) is 4.79 Å². The quantitative estimate of drug-likeness (QED) is 0.769. The summed E-state index contributed by atoms with van der Waals surface area (Å²) in [6.07, 6.45) is 4.12. The number of carbonyl (C=O) groups is 1. The van der Waals surface area contributed by atoms with E-state index in [2.05, 4.69) is 6.92 Å². The second-order valence-corrected chi connectivity index (χ2v) is 5.02. The Kier molecular flexibility index (Phi) is 3.50. The molecule has 1 saturated carbocycles. The lowest BCUT2D eigenvalue weighted by Crippen LogP contribution is -2.57. The molecule has 2 aliphatic rings. The monoisotopic (exact) mass is 226 g/mol. The van der Waals surface area contributed by atoms with E-state index >= 15 is 0 Å². The Hall–Kier alpha value is -0.610. The van der Waals surface area contributed by atoms with Crippen LogP contribution < -0.4 is 5.73 Å². The number of amides is 1. The highest BCUT2D eigenvalue weighted by molar-refractivity contribution is 5.81. The number of ether oxygens (including phenoxy) is 1. The molecule has 1 heterocycles. The minimum absolute atomic E-state index is 0.280. The van der Waals surface area contributed by atoms with Crippen molar-refractivity contribution in [2.45, 2.75) is 38.2 Å². The first kappa shape index (κ1) is 11.9. The van der Waals surface area contributed by atoms with E-state index in [-0.39, 0.29) is 5.60 Å². The molecule has 4 heteroatoms. The highest BCUT2D eigenvalue weighted by atomic mass is 16.5. The predicted octanol–water partition coefficient (Wildman–Crippen LogP) is 0.753. The number of carbonyl (C=O) groups excluding carboxylic acids is 1. The largest absolute Gasteiger partial charge is 0.370 e. The van der Waals surface area contributed by atoms with E-state index in [1.165, 1.54) is 0 Å². The maximum Gasteiger partial charge on any atom is 0.225 e. The molecule has 0 spiro atoms. The maximum absolute atomic E-state index is 12.0. The zero-order valence-corrected chi connectivity index (χ0v) is 10.1. The fourth-order valence-corrected chi connectivity index (χ4v) is 2.45. The molecule has 1 aliphatic heterocycles. The second-order valence-electron chi connectivity index (χ2n) is 5.02. The maximum atomic E-state index is 12.0. The van der Waals surface area contributed by atoms with Gasteiger partial charge in [0.2, 0.25) is 5.91 Å². The number of hydrogen-bond donors (Lipinski definition) is 1. The minimum Gasteiger partial charge on any atom is -0.370 e. The van der Waals surface area contributed by atoms with Gasteiger partial charge in [0.1, 0.15) is 0 Å². The summed E-state index contributed by atoms with van der Waals surface area (Å²) in [6, 6.07) is 0. The Labute approximate surface area is 97.1 Å². The molecule has 1 amide bonds. The van der Waals surface area contributed by atoms with Crippen LogP contribution in [0.25, 0.3) is 0 Å². The highest BCUT2D eigenvalue weighted by Gasteiger charge is 2.40. The smallest absolute Gasteiger partial charge is 0.225 e. The zero-order chi connectivity index (χ0) is 11.6. The van der Waals surface area contributed by atoms with Crippen molar-refractivity contribution >= 4 is 5.91 Å². The Morgan fingerprint density at radius 2 is 2.31 bits per heavy atom. The molecule has 1 saturated heterocycles. The first-order chi connectivity index (χ1) is 7.71. The van der Waals surface area contributed by atoms with Crippen LogP contribution in [-0.4, -0.2) is 42.6 Å². The summed E-state index contributed by atoms with van der Waals surface area (Å²) in [6.45, 7) is 4.70. The number of nitrogens with two attached hydrogens (primary N) is 1. The van der Waals surface area contributed by atoms with Crippen LogP contribution in [0.5, 0.6) is 0 Å². The van der Waals surface area contributed by atoms with Gasteiger partial charge in [-0.15, -0.1) is 0 Å². The molecule has 92 valence electrons. The van der Waals surface area contributed by atoms with Crippen LogP contribution in [0.2, 0.25) is 0 Å². The van der Waals surface area contributed by atoms with Crippen LogP contribution in [0.4, 0.5) is 0 Å². The Bertz CT molecular complexity index is 262. The lowest BCUT2D eigenvalue weighted by atomic mass is 9.95. The molecule has 1 unspecified atom stereocenters. The molecule has 1 atom stereocenters. The van der Waals surface area contributed by atoms with Crippen molar-refractivity contribution in [1.29, 1.82) is 0 Å². The SMILES string of the molecule is CCCC1(CN)CN(C(=O)C2CC2)CCO1. The van der Waals surface area contributed by atoms with Gasteiger partial charge in [-0.05, 0) is 19.3 Å². The molecule has 0 radical (unpaired) electrons. The molecule has 16 heavy (non-hydrogen) atoms. The molecule has 0 bridgehead atoms. The third-order valence-corrected chi connectivity index (χ3v) is 3.56. The molecule has 2 rings (SSSR count). The summed E-state index contributed by atoms with van der Waals surface area (Å²) >= 11 is 0. The van der Waals surface area contributed by atoms with Gasteiger partial charge in [0.25, 0.3) is 0 Å². The number of morpholine rings is 1. The summed E-state index contributed by atoms with van der Waals surface area (Å²) in [5.41, 5.74) is 5.54. The van der Waals surface area contributed by atoms with Gasteiger partial charge in [-0.2, -0.15) is 0 Å². The molecule has 1 aliphatic carbocycles. The summed E-state index contributed by atoms with van der Waals surface area (Å²) < 4.78 is 5.82. The molecule has 0 aromatic carbocycles. The average Bonchev–Trinajstić information content (AvgIpc) is 3.13. The van der Waals surface area contributed by atoms with E-state index in [0.29, 0.717) is 31.5 Å². The minimum atomic E-state index is -0.280. The third-order valence-electron chi connectivity index (χ3n) is 3.56.